The highest BCUT2D eigenvalue weighted by Crippen LogP contribution is 2.31. The highest BCUT2D eigenvalue weighted by molar-refractivity contribution is 9.11. The zero-order valence-electron chi connectivity index (χ0n) is 6.52. The summed E-state index contributed by atoms with van der Waals surface area (Å²) in [6.45, 7) is 0. The summed E-state index contributed by atoms with van der Waals surface area (Å²) in [5.74, 6) is -0.209. The van der Waals surface area contributed by atoms with Crippen molar-refractivity contribution in [2.45, 2.75) is 0 Å². The molecule has 0 saturated heterocycles. The second-order valence-electron chi connectivity index (χ2n) is 2.70. The maximum Gasteiger partial charge on any atom is 0.145 e. The van der Waals surface area contributed by atoms with Crippen LogP contribution >= 0.6 is 31.9 Å². The number of halogens is 3. The number of benzene rings is 2. The number of fused-ring (bicyclic) bond motifs is 1. The highest BCUT2D eigenvalue weighted by atomic mass is 79.9. The lowest BCUT2D eigenvalue weighted by Gasteiger charge is -2.03. The molecule has 0 heterocycles. The molecule has 3 heteroatoms. The molecule has 2 aromatic rings. The Morgan fingerprint density at radius 3 is 2.23 bits per heavy atom. The van der Waals surface area contributed by atoms with Gasteiger partial charge < -0.3 is 0 Å². The van der Waals surface area contributed by atoms with Gasteiger partial charge in [0.15, 0.2) is 0 Å². The fraction of sp³-hybridized carbons (Fsp3) is 0. The molecule has 0 atom stereocenters. The summed E-state index contributed by atoms with van der Waals surface area (Å²) in [6.07, 6.45) is 0. The first-order chi connectivity index (χ1) is 6.20. The summed E-state index contributed by atoms with van der Waals surface area (Å²) in [6, 6.07) is 9.08. The standard InChI is InChI=1S/C10H5Br2F/c11-8-5-9(12)10(13)7-4-2-1-3-6(7)8/h1-5H. The quantitative estimate of drug-likeness (QED) is 0.628. The van der Waals surface area contributed by atoms with E-state index in [1.807, 2.05) is 18.2 Å². The lowest BCUT2D eigenvalue weighted by molar-refractivity contribution is 0.633. The van der Waals surface area contributed by atoms with Crippen LogP contribution in [0.25, 0.3) is 10.8 Å². The fourth-order valence-corrected chi connectivity index (χ4v) is 2.59. The van der Waals surface area contributed by atoms with Crippen molar-refractivity contribution in [1.29, 1.82) is 0 Å². The molecule has 0 N–H and O–H groups in total. The number of rotatable bonds is 0. The molecular formula is C10H5Br2F. The van der Waals surface area contributed by atoms with Gasteiger partial charge in [-0.1, -0.05) is 40.2 Å². The monoisotopic (exact) mass is 302 g/mol. The summed E-state index contributed by atoms with van der Waals surface area (Å²) in [5, 5.41) is 1.52. The third-order valence-corrected chi connectivity index (χ3v) is 3.12. The Labute approximate surface area is 92.0 Å². The Balaban J connectivity index is 2.97. The SMILES string of the molecule is Fc1c(Br)cc(Br)c2ccccc12. The van der Waals surface area contributed by atoms with Crippen molar-refractivity contribution in [3.8, 4) is 0 Å². The van der Waals surface area contributed by atoms with Crippen LogP contribution in [0.4, 0.5) is 4.39 Å². The van der Waals surface area contributed by atoms with Crippen LogP contribution in [0.2, 0.25) is 0 Å². The molecule has 0 aliphatic carbocycles. The van der Waals surface area contributed by atoms with Crippen molar-refractivity contribution < 1.29 is 4.39 Å². The molecule has 0 aliphatic rings. The zero-order valence-corrected chi connectivity index (χ0v) is 9.69. The molecular weight excluding hydrogens is 299 g/mol. The summed E-state index contributed by atoms with van der Waals surface area (Å²) < 4.78 is 14.9. The molecule has 0 spiro atoms. The molecule has 2 aromatic carbocycles. The minimum absolute atomic E-state index is 0.209. The molecule has 0 fully saturated rings. The average molecular weight is 304 g/mol. The van der Waals surface area contributed by atoms with Gasteiger partial charge in [-0.2, -0.15) is 0 Å². The second-order valence-corrected chi connectivity index (χ2v) is 4.41. The average Bonchev–Trinajstić information content (AvgIpc) is 2.15. The van der Waals surface area contributed by atoms with Crippen LogP contribution in [0.5, 0.6) is 0 Å². The predicted molar refractivity (Wildman–Crippen MR) is 59.3 cm³/mol. The first-order valence-corrected chi connectivity index (χ1v) is 5.31. The van der Waals surface area contributed by atoms with Crippen LogP contribution in [0.1, 0.15) is 0 Å². The summed E-state index contributed by atoms with van der Waals surface area (Å²) in [4.78, 5) is 0. The maximum absolute atomic E-state index is 13.5. The first-order valence-electron chi connectivity index (χ1n) is 3.72. The molecule has 0 bridgehead atoms. The van der Waals surface area contributed by atoms with Crippen molar-refractivity contribution in [2.24, 2.45) is 0 Å². The molecule has 0 nitrogen and oxygen atoms in total. The third-order valence-electron chi connectivity index (χ3n) is 1.88. The first kappa shape index (κ1) is 9.16. The van der Waals surface area contributed by atoms with E-state index in [2.05, 4.69) is 31.9 Å². The minimum atomic E-state index is -0.209. The molecule has 0 radical (unpaired) electrons. The Morgan fingerprint density at radius 2 is 1.54 bits per heavy atom. The van der Waals surface area contributed by atoms with Crippen LogP contribution in [0.15, 0.2) is 39.3 Å². The van der Waals surface area contributed by atoms with Gasteiger partial charge in [0.05, 0.1) is 4.47 Å². The summed E-state index contributed by atoms with van der Waals surface area (Å²) in [7, 11) is 0. The topological polar surface area (TPSA) is 0 Å². The van der Waals surface area contributed by atoms with Gasteiger partial charge in [-0.25, -0.2) is 4.39 Å². The van der Waals surface area contributed by atoms with Crippen molar-refractivity contribution in [3.05, 3.63) is 45.1 Å². The normalized spacial score (nSPS) is 10.7. The molecule has 66 valence electrons. The third kappa shape index (κ3) is 1.51. The molecule has 13 heavy (non-hydrogen) atoms. The van der Waals surface area contributed by atoms with Gasteiger partial charge >= 0.3 is 0 Å². The van der Waals surface area contributed by atoms with E-state index in [9.17, 15) is 4.39 Å². The Bertz CT molecular complexity index is 466. The molecule has 0 aliphatic heterocycles. The molecule has 0 unspecified atom stereocenters. The largest absolute Gasteiger partial charge is 0.205 e. The fourth-order valence-electron chi connectivity index (χ4n) is 1.26. The summed E-state index contributed by atoms with van der Waals surface area (Å²) in [5.41, 5.74) is 0. The van der Waals surface area contributed by atoms with Gasteiger partial charge in [-0.05, 0) is 27.4 Å². The van der Waals surface area contributed by atoms with Gasteiger partial charge in [0.25, 0.3) is 0 Å². The van der Waals surface area contributed by atoms with Crippen molar-refractivity contribution >= 4 is 42.6 Å². The zero-order chi connectivity index (χ0) is 9.42. The van der Waals surface area contributed by atoms with Crippen molar-refractivity contribution in [3.63, 3.8) is 0 Å². The lowest BCUT2D eigenvalue weighted by Crippen LogP contribution is -1.82. The summed E-state index contributed by atoms with van der Waals surface area (Å²) >= 11 is 6.55. The maximum atomic E-state index is 13.5. The van der Waals surface area contributed by atoms with Gasteiger partial charge in [-0.15, -0.1) is 0 Å². The Hall–Kier alpha value is -0.410. The van der Waals surface area contributed by atoms with Crippen molar-refractivity contribution in [2.75, 3.05) is 0 Å². The van der Waals surface area contributed by atoms with Crippen LogP contribution in [-0.2, 0) is 0 Å². The molecule has 0 amide bonds. The van der Waals surface area contributed by atoms with E-state index < -0.39 is 0 Å². The van der Waals surface area contributed by atoms with E-state index >= 15 is 0 Å². The second kappa shape index (κ2) is 3.39. The van der Waals surface area contributed by atoms with E-state index in [-0.39, 0.29) is 5.82 Å². The Kier molecular flexibility index (Phi) is 2.39. The molecule has 0 saturated carbocycles. The number of hydrogen-bond acceptors (Lipinski definition) is 0. The van der Waals surface area contributed by atoms with E-state index in [0.29, 0.717) is 9.86 Å². The lowest BCUT2D eigenvalue weighted by atomic mass is 10.1. The van der Waals surface area contributed by atoms with Crippen LogP contribution < -0.4 is 0 Å². The van der Waals surface area contributed by atoms with Gasteiger partial charge in [0.2, 0.25) is 0 Å². The molecule has 0 aromatic heterocycles. The van der Waals surface area contributed by atoms with Crippen LogP contribution in [-0.4, -0.2) is 0 Å². The van der Waals surface area contributed by atoms with Gasteiger partial charge in [-0.3, -0.25) is 0 Å². The molecule has 2 rings (SSSR count). The van der Waals surface area contributed by atoms with E-state index in [4.69, 9.17) is 0 Å². The highest BCUT2D eigenvalue weighted by Gasteiger charge is 2.07. The van der Waals surface area contributed by atoms with Crippen molar-refractivity contribution in [1.82, 2.24) is 0 Å². The van der Waals surface area contributed by atoms with E-state index in [1.165, 1.54) is 0 Å². The van der Waals surface area contributed by atoms with Crippen LogP contribution in [0, 0.1) is 5.82 Å². The van der Waals surface area contributed by atoms with Crippen LogP contribution in [0.3, 0.4) is 0 Å². The minimum Gasteiger partial charge on any atom is -0.205 e. The predicted octanol–water partition coefficient (Wildman–Crippen LogP) is 4.50. The van der Waals surface area contributed by atoms with Gasteiger partial charge in [0.1, 0.15) is 5.82 Å². The Morgan fingerprint density at radius 1 is 0.923 bits per heavy atom. The van der Waals surface area contributed by atoms with E-state index in [0.717, 1.165) is 9.86 Å². The van der Waals surface area contributed by atoms with E-state index in [1.54, 1.807) is 12.1 Å². The smallest absolute Gasteiger partial charge is 0.145 e. The van der Waals surface area contributed by atoms with Gasteiger partial charge in [0, 0.05) is 9.86 Å². The number of hydrogen-bond donors (Lipinski definition) is 0.